The van der Waals surface area contributed by atoms with E-state index in [1.165, 1.54) is 17.7 Å². The number of aliphatic carboxylic acids is 1. The Balaban J connectivity index is 0.000000479. The minimum absolute atomic E-state index is 0.0130. The summed E-state index contributed by atoms with van der Waals surface area (Å²) < 4.78 is 64.7. The van der Waals surface area contributed by atoms with E-state index in [0.29, 0.717) is 25.3 Å². The molecule has 37 heavy (non-hydrogen) atoms. The van der Waals surface area contributed by atoms with Crippen LogP contribution in [0.3, 0.4) is 0 Å². The minimum Gasteiger partial charge on any atom is -0.475 e. The van der Waals surface area contributed by atoms with Gasteiger partial charge in [-0.1, -0.05) is 24.3 Å². The number of carboxylic acids is 1. The molecule has 0 aromatic heterocycles. The molecule has 2 aliphatic heterocycles. The molecule has 0 aliphatic carbocycles. The van der Waals surface area contributed by atoms with Gasteiger partial charge in [-0.25, -0.2) is 18.4 Å². The fourth-order valence-corrected chi connectivity index (χ4v) is 4.12. The molecule has 2 aliphatic rings. The third-order valence-electron chi connectivity index (χ3n) is 6.22. The molecular weight excluding hydrogens is 501 g/mol. The van der Waals surface area contributed by atoms with Crippen molar-refractivity contribution in [3.8, 4) is 0 Å². The number of urea groups is 1. The predicted octanol–water partition coefficient (Wildman–Crippen LogP) is 4.43. The molecule has 0 spiro atoms. The van der Waals surface area contributed by atoms with Crippen molar-refractivity contribution in [1.29, 1.82) is 0 Å². The highest BCUT2D eigenvalue weighted by molar-refractivity contribution is 5.74. The number of likely N-dealkylation sites (tertiary alicyclic amines) is 1. The summed E-state index contributed by atoms with van der Waals surface area (Å²) >= 11 is 0. The fraction of sp³-hybridized carbons (Fsp3) is 0.440. The van der Waals surface area contributed by atoms with Gasteiger partial charge >= 0.3 is 18.2 Å². The second-order valence-electron chi connectivity index (χ2n) is 8.96. The predicted molar refractivity (Wildman–Crippen MR) is 123 cm³/mol. The largest absolute Gasteiger partial charge is 0.490 e. The lowest BCUT2D eigenvalue weighted by molar-refractivity contribution is -0.192. The second-order valence-corrected chi connectivity index (χ2v) is 8.96. The highest BCUT2D eigenvalue weighted by atomic mass is 19.4. The number of nitrogens with zero attached hydrogens (tertiary/aromatic N) is 2. The van der Waals surface area contributed by atoms with Gasteiger partial charge in [0.1, 0.15) is 11.6 Å². The molecule has 0 bridgehead atoms. The van der Waals surface area contributed by atoms with E-state index < -0.39 is 23.8 Å². The lowest BCUT2D eigenvalue weighted by Gasteiger charge is -2.37. The summed E-state index contributed by atoms with van der Waals surface area (Å²) in [5, 5.41) is 10.1. The standard InChI is InChI=1S/C23H27F2N3O2.C2HF3O2/c1-27-8-6-21(7-9-27)28(13-17-4-5-20(24)11-22(17)25)23(29)26-12-16-2-3-18-14-30-15-19(18)10-16;3-2(4,5)1(6)7/h2-5,10-11,21H,6-9,12-15H2,1H3,(H,26,29);(H,6,7). The highest BCUT2D eigenvalue weighted by Crippen LogP contribution is 2.22. The summed E-state index contributed by atoms with van der Waals surface area (Å²) in [5.41, 5.74) is 3.66. The van der Waals surface area contributed by atoms with Crippen molar-refractivity contribution in [2.45, 2.75) is 51.4 Å². The smallest absolute Gasteiger partial charge is 0.475 e. The zero-order valence-corrected chi connectivity index (χ0v) is 20.2. The Morgan fingerprint density at radius 2 is 1.73 bits per heavy atom. The van der Waals surface area contributed by atoms with Crippen molar-refractivity contribution in [3.05, 3.63) is 70.3 Å². The Morgan fingerprint density at radius 3 is 2.35 bits per heavy atom. The number of carbonyl (C=O) groups excluding carboxylic acids is 1. The number of piperidine rings is 1. The number of carbonyl (C=O) groups is 2. The van der Waals surface area contributed by atoms with Gasteiger partial charge in [-0.3, -0.25) is 0 Å². The molecule has 2 N–H and O–H groups in total. The van der Waals surface area contributed by atoms with Crippen molar-refractivity contribution < 1.29 is 41.4 Å². The normalized spacial score (nSPS) is 15.9. The maximum atomic E-state index is 14.3. The number of carboxylic acid groups (broad SMARTS) is 1. The summed E-state index contributed by atoms with van der Waals surface area (Å²) in [6, 6.07) is 9.38. The van der Waals surface area contributed by atoms with Crippen LogP contribution in [-0.2, 0) is 35.8 Å². The maximum absolute atomic E-state index is 14.3. The second kappa shape index (κ2) is 12.3. The molecule has 7 nitrogen and oxygen atoms in total. The molecule has 2 aromatic carbocycles. The maximum Gasteiger partial charge on any atom is 0.490 e. The Labute approximate surface area is 210 Å². The van der Waals surface area contributed by atoms with E-state index in [2.05, 4.69) is 23.3 Å². The third kappa shape index (κ3) is 8.12. The molecule has 0 saturated carbocycles. The highest BCUT2D eigenvalue weighted by Gasteiger charge is 2.38. The molecule has 2 amide bonds. The first-order valence-electron chi connectivity index (χ1n) is 11.6. The van der Waals surface area contributed by atoms with Crippen molar-refractivity contribution >= 4 is 12.0 Å². The zero-order chi connectivity index (χ0) is 27.2. The summed E-state index contributed by atoms with van der Waals surface area (Å²) in [5.74, 6) is -4.00. The lowest BCUT2D eigenvalue weighted by atomic mass is 10.0. The monoisotopic (exact) mass is 529 g/mol. The van der Waals surface area contributed by atoms with Gasteiger partial charge in [0.05, 0.1) is 19.8 Å². The summed E-state index contributed by atoms with van der Waals surface area (Å²) in [4.78, 5) is 25.9. The van der Waals surface area contributed by atoms with E-state index >= 15 is 0 Å². The number of fused-ring (bicyclic) bond motifs is 1. The van der Waals surface area contributed by atoms with Crippen LogP contribution in [0.5, 0.6) is 0 Å². The van der Waals surface area contributed by atoms with Gasteiger partial charge in [0, 0.05) is 24.2 Å². The van der Waals surface area contributed by atoms with Crippen LogP contribution in [0.25, 0.3) is 0 Å². The average Bonchev–Trinajstić information content (AvgIpc) is 3.31. The fourth-order valence-electron chi connectivity index (χ4n) is 4.12. The van der Waals surface area contributed by atoms with Crippen molar-refractivity contribution in [2.75, 3.05) is 20.1 Å². The Morgan fingerprint density at radius 1 is 1.08 bits per heavy atom. The van der Waals surface area contributed by atoms with E-state index in [4.69, 9.17) is 14.6 Å². The van der Waals surface area contributed by atoms with Crippen LogP contribution in [-0.4, -0.2) is 59.3 Å². The molecular formula is C25H28F5N3O4. The van der Waals surface area contributed by atoms with Crippen LogP contribution in [0.2, 0.25) is 0 Å². The lowest BCUT2D eigenvalue weighted by Crippen LogP contribution is -2.49. The van der Waals surface area contributed by atoms with Gasteiger partial charge in [-0.15, -0.1) is 0 Å². The number of nitrogens with one attached hydrogen (secondary N) is 1. The number of rotatable bonds is 5. The number of alkyl halides is 3. The average molecular weight is 530 g/mol. The Hall–Kier alpha value is -3.25. The van der Waals surface area contributed by atoms with Crippen molar-refractivity contribution in [1.82, 2.24) is 15.1 Å². The molecule has 2 aromatic rings. The first kappa shape index (κ1) is 28.3. The Kier molecular flexibility index (Phi) is 9.44. The van der Waals surface area contributed by atoms with Crippen LogP contribution in [0.4, 0.5) is 26.7 Å². The molecule has 0 radical (unpaired) electrons. The van der Waals surface area contributed by atoms with Crippen molar-refractivity contribution in [2.24, 2.45) is 0 Å². The summed E-state index contributed by atoms with van der Waals surface area (Å²) in [6.45, 7) is 3.50. The first-order chi connectivity index (χ1) is 17.4. The van der Waals surface area contributed by atoms with Gasteiger partial charge in [-0.05, 0) is 55.7 Å². The van der Waals surface area contributed by atoms with Crippen LogP contribution in [0, 0.1) is 11.6 Å². The van der Waals surface area contributed by atoms with Gasteiger partial charge in [0.2, 0.25) is 0 Å². The summed E-state index contributed by atoms with van der Waals surface area (Å²) in [6.07, 6.45) is -3.44. The van der Waals surface area contributed by atoms with E-state index in [0.717, 1.165) is 43.1 Å². The van der Waals surface area contributed by atoms with Crippen molar-refractivity contribution in [3.63, 3.8) is 0 Å². The minimum atomic E-state index is -5.08. The third-order valence-corrected chi connectivity index (χ3v) is 6.22. The number of ether oxygens (including phenoxy) is 1. The van der Waals surface area contributed by atoms with E-state index in [-0.39, 0.29) is 18.6 Å². The number of hydrogen-bond donors (Lipinski definition) is 2. The van der Waals surface area contributed by atoms with Gasteiger partial charge in [0.15, 0.2) is 0 Å². The molecule has 12 heteroatoms. The number of amides is 2. The van der Waals surface area contributed by atoms with Gasteiger partial charge in [-0.2, -0.15) is 13.2 Å². The van der Waals surface area contributed by atoms with Crippen LogP contribution < -0.4 is 5.32 Å². The van der Waals surface area contributed by atoms with Gasteiger partial charge < -0.3 is 25.0 Å². The van der Waals surface area contributed by atoms with Gasteiger partial charge in [0.25, 0.3) is 0 Å². The number of benzene rings is 2. The molecule has 0 unspecified atom stereocenters. The van der Waals surface area contributed by atoms with E-state index in [1.807, 2.05) is 12.1 Å². The van der Waals surface area contributed by atoms with E-state index in [1.54, 1.807) is 4.90 Å². The number of hydrogen-bond acceptors (Lipinski definition) is 4. The molecule has 2 heterocycles. The molecule has 1 fully saturated rings. The quantitative estimate of drug-likeness (QED) is 0.560. The van der Waals surface area contributed by atoms with Crippen LogP contribution in [0.1, 0.15) is 35.1 Å². The van der Waals surface area contributed by atoms with Crippen LogP contribution >= 0.6 is 0 Å². The Bertz CT molecular complexity index is 1100. The first-order valence-corrected chi connectivity index (χ1v) is 11.6. The molecule has 4 rings (SSSR count). The summed E-state index contributed by atoms with van der Waals surface area (Å²) in [7, 11) is 2.05. The zero-order valence-electron chi connectivity index (χ0n) is 20.2. The topological polar surface area (TPSA) is 82.1 Å². The van der Waals surface area contributed by atoms with Crippen LogP contribution in [0.15, 0.2) is 36.4 Å². The molecule has 1 saturated heterocycles. The van der Waals surface area contributed by atoms with E-state index in [9.17, 15) is 26.7 Å². The number of halogens is 5. The SMILES string of the molecule is CN1CCC(N(Cc2ccc(F)cc2F)C(=O)NCc2ccc3c(c2)COC3)CC1.O=C(O)C(F)(F)F. The molecule has 0 atom stereocenters. The molecule has 202 valence electrons.